The van der Waals surface area contributed by atoms with E-state index in [9.17, 15) is 4.79 Å². The van der Waals surface area contributed by atoms with Gasteiger partial charge < -0.3 is 0 Å². The smallest absolute Gasteiger partial charge is 0.204 e. The Morgan fingerprint density at radius 2 is 2.12 bits per heavy atom. The van der Waals surface area contributed by atoms with E-state index in [1.54, 1.807) is 6.20 Å². The molecule has 0 amide bonds. The molecular formula is C13H13NOS. The molecule has 0 aromatic carbocycles. The fourth-order valence-electron chi connectivity index (χ4n) is 1.43. The van der Waals surface area contributed by atoms with Crippen molar-refractivity contribution in [3.8, 4) is 0 Å². The Kier molecular flexibility index (Phi) is 3.15. The van der Waals surface area contributed by atoms with Crippen LogP contribution in [-0.4, -0.2) is 10.8 Å². The van der Waals surface area contributed by atoms with Crippen LogP contribution < -0.4 is 0 Å². The maximum absolute atomic E-state index is 12.0. The summed E-state index contributed by atoms with van der Waals surface area (Å²) in [4.78, 5) is 17.0. The number of rotatable bonds is 3. The van der Waals surface area contributed by atoms with Gasteiger partial charge in [0.05, 0.1) is 4.88 Å². The summed E-state index contributed by atoms with van der Waals surface area (Å²) in [5.74, 6) is 0.448. The first-order valence-electron chi connectivity index (χ1n) is 5.22. The van der Waals surface area contributed by atoms with Gasteiger partial charge in [-0.25, -0.2) is 0 Å². The Balaban J connectivity index is 2.25. The number of nitrogens with zero attached hydrogens (tertiary/aromatic N) is 1. The highest BCUT2D eigenvalue weighted by Gasteiger charge is 2.10. The third-order valence-corrected chi connectivity index (χ3v) is 3.25. The predicted molar refractivity (Wildman–Crippen MR) is 66.1 cm³/mol. The number of carbonyl (C=O) groups is 1. The largest absolute Gasteiger partial charge is 0.288 e. The second-order valence-corrected chi connectivity index (χ2v) is 4.88. The van der Waals surface area contributed by atoms with Crippen molar-refractivity contribution in [2.24, 2.45) is 0 Å². The molecule has 0 atom stereocenters. The monoisotopic (exact) mass is 231 g/mol. The maximum atomic E-state index is 12.0. The Hall–Kier alpha value is -1.48. The van der Waals surface area contributed by atoms with Crippen molar-refractivity contribution in [1.82, 2.24) is 4.98 Å². The first kappa shape index (κ1) is 11.0. The highest BCUT2D eigenvalue weighted by molar-refractivity contribution is 7.12. The van der Waals surface area contributed by atoms with E-state index in [-0.39, 0.29) is 5.78 Å². The molecule has 2 heterocycles. The number of thiophene rings is 1. The molecule has 0 saturated carbocycles. The van der Waals surface area contributed by atoms with Crippen LogP contribution in [0.1, 0.15) is 40.7 Å². The summed E-state index contributed by atoms with van der Waals surface area (Å²) in [5, 5.41) is 1.91. The lowest BCUT2D eigenvalue weighted by atomic mass is 10.1. The summed E-state index contributed by atoms with van der Waals surface area (Å²) in [5.41, 5.74) is 1.68. The van der Waals surface area contributed by atoms with Crippen LogP contribution in [0.3, 0.4) is 0 Å². The summed E-state index contributed by atoms with van der Waals surface area (Å²) in [7, 11) is 0. The molecule has 0 unspecified atom stereocenters. The number of hydrogen-bond donors (Lipinski definition) is 0. The van der Waals surface area contributed by atoms with Crippen LogP contribution >= 0.6 is 11.3 Å². The summed E-state index contributed by atoms with van der Waals surface area (Å²) < 4.78 is 0. The van der Waals surface area contributed by atoms with Crippen LogP contribution in [0.4, 0.5) is 0 Å². The third-order valence-electron chi connectivity index (χ3n) is 2.39. The molecule has 0 aliphatic carbocycles. The van der Waals surface area contributed by atoms with Gasteiger partial charge in [-0.3, -0.25) is 9.78 Å². The number of hydrogen-bond acceptors (Lipinski definition) is 3. The molecule has 82 valence electrons. The normalized spacial score (nSPS) is 10.7. The highest BCUT2D eigenvalue weighted by Crippen LogP contribution is 2.16. The Labute approximate surface area is 99.0 Å². The molecular weight excluding hydrogens is 218 g/mol. The Morgan fingerprint density at radius 3 is 2.62 bits per heavy atom. The van der Waals surface area contributed by atoms with Crippen LogP contribution in [0.15, 0.2) is 35.8 Å². The molecule has 16 heavy (non-hydrogen) atoms. The van der Waals surface area contributed by atoms with Crippen LogP contribution in [0.2, 0.25) is 0 Å². The molecule has 2 nitrogen and oxygen atoms in total. The van der Waals surface area contributed by atoms with Crippen LogP contribution in [0.5, 0.6) is 0 Å². The summed E-state index contributed by atoms with van der Waals surface area (Å²) in [6.07, 6.45) is 1.66. The van der Waals surface area contributed by atoms with Crippen molar-refractivity contribution in [1.29, 1.82) is 0 Å². The summed E-state index contributed by atoms with van der Waals surface area (Å²) >= 11 is 1.46. The fraction of sp³-hybridized carbons (Fsp3) is 0.231. The minimum absolute atomic E-state index is 0.0535. The van der Waals surface area contributed by atoms with Crippen molar-refractivity contribution in [3.05, 3.63) is 52.0 Å². The topological polar surface area (TPSA) is 30.0 Å². The summed E-state index contributed by atoms with van der Waals surface area (Å²) in [6, 6.07) is 7.49. The molecule has 2 aromatic heterocycles. The lowest BCUT2D eigenvalue weighted by Gasteiger charge is -2.04. The van der Waals surface area contributed by atoms with Crippen molar-refractivity contribution < 1.29 is 4.79 Å². The molecule has 2 rings (SSSR count). The van der Waals surface area contributed by atoms with Gasteiger partial charge in [-0.15, -0.1) is 11.3 Å². The first-order chi connectivity index (χ1) is 7.68. The van der Waals surface area contributed by atoms with Crippen LogP contribution in [0, 0.1) is 0 Å². The minimum Gasteiger partial charge on any atom is -0.288 e. The van der Waals surface area contributed by atoms with Gasteiger partial charge in [-0.1, -0.05) is 19.9 Å². The Bertz CT molecular complexity index is 471. The fourth-order valence-corrected chi connectivity index (χ4v) is 2.12. The van der Waals surface area contributed by atoms with E-state index >= 15 is 0 Å². The maximum Gasteiger partial charge on any atom is 0.204 e. The van der Waals surface area contributed by atoms with Gasteiger partial charge in [0.1, 0.15) is 0 Å². The van der Waals surface area contributed by atoms with Gasteiger partial charge in [0.15, 0.2) is 0 Å². The van der Waals surface area contributed by atoms with Gasteiger partial charge in [-0.05, 0) is 29.5 Å². The van der Waals surface area contributed by atoms with Gasteiger partial charge in [0.2, 0.25) is 5.78 Å². The van der Waals surface area contributed by atoms with Crippen molar-refractivity contribution in [2.75, 3.05) is 0 Å². The minimum atomic E-state index is 0.0535. The molecule has 0 radical (unpaired) electrons. The zero-order valence-electron chi connectivity index (χ0n) is 9.31. The number of carbonyl (C=O) groups excluding carboxylic acids is 1. The molecule has 0 aliphatic heterocycles. The van der Waals surface area contributed by atoms with Gasteiger partial charge in [0, 0.05) is 17.5 Å². The van der Waals surface area contributed by atoms with E-state index < -0.39 is 0 Å². The Morgan fingerprint density at radius 1 is 1.31 bits per heavy atom. The number of ketones is 1. The predicted octanol–water partition coefficient (Wildman–Crippen LogP) is 3.50. The zero-order valence-corrected chi connectivity index (χ0v) is 10.1. The lowest BCUT2D eigenvalue weighted by Crippen LogP contribution is -2.01. The number of aromatic nitrogens is 1. The lowest BCUT2D eigenvalue weighted by molar-refractivity contribution is 0.104. The zero-order chi connectivity index (χ0) is 11.5. The van der Waals surface area contributed by atoms with Gasteiger partial charge >= 0.3 is 0 Å². The molecule has 0 fully saturated rings. The molecule has 0 bridgehead atoms. The van der Waals surface area contributed by atoms with E-state index in [4.69, 9.17) is 0 Å². The molecule has 3 heteroatoms. The van der Waals surface area contributed by atoms with Crippen molar-refractivity contribution >= 4 is 17.1 Å². The van der Waals surface area contributed by atoms with E-state index in [1.807, 2.05) is 29.6 Å². The van der Waals surface area contributed by atoms with Crippen molar-refractivity contribution in [2.45, 2.75) is 19.8 Å². The molecule has 0 N–H and O–H groups in total. The molecule has 0 aliphatic rings. The molecule has 0 saturated heterocycles. The van der Waals surface area contributed by atoms with Gasteiger partial charge in [-0.2, -0.15) is 0 Å². The average Bonchev–Trinajstić information content (AvgIpc) is 2.81. The van der Waals surface area contributed by atoms with Gasteiger partial charge in [0.25, 0.3) is 0 Å². The summed E-state index contributed by atoms with van der Waals surface area (Å²) in [6.45, 7) is 4.17. The second kappa shape index (κ2) is 4.58. The van der Waals surface area contributed by atoms with Crippen LogP contribution in [0.25, 0.3) is 0 Å². The first-order valence-corrected chi connectivity index (χ1v) is 6.10. The highest BCUT2D eigenvalue weighted by atomic mass is 32.1. The third kappa shape index (κ3) is 2.19. The molecule has 2 aromatic rings. The molecule has 0 spiro atoms. The van der Waals surface area contributed by atoms with E-state index in [0.717, 1.165) is 10.6 Å². The standard InChI is InChI=1S/C13H13NOS/c1-9(2)11-6-5-10(8-14-11)13(15)12-4-3-7-16-12/h3-9H,1-2H3. The quantitative estimate of drug-likeness (QED) is 0.757. The van der Waals surface area contributed by atoms with E-state index in [1.165, 1.54) is 11.3 Å². The second-order valence-electron chi connectivity index (χ2n) is 3.93. The van der Waals surface area contributed by atoms with E-state index in [0.29, 0.717) is 11.5 Å². The average molecular weight is 231 g/mol. The number of pyridine rings is 1. The van der Waals surface area contributed by atoms with E-state index in [2.05, 4.69) is 18.8 Å². The van der Waals surface area contributed by atoms with Crippen LogP contribution in [-0.2, 0) is 0 Å². The SMILES string of the molecule is CC(C)c1ccc(C(=O)c2cccs2)cn1. The van der Waals surface area contributed by atoms with Crippen molar-refractivity contribution in [3.63, 3.8) is 0 Å².